The summed E-state index contributed by atoms with van der Waals surface area (Å²) >= 11 is 3.12. The molecular formula is C5H7BrO3. The summed E-state index contributed by atoms with van der Waals surface area (Å²) < 4.78 is 4.50. The van der Waals surface area contributed by atoms with Gasteiger partial charge in [-0.1, -0.05) is 15.9 Å². The van der Waals surface area contributed by atoms with Crippen LogP contribution in [0.3, 0.4) is 0 Å². The first-order valence-electron chi connectivity index (χ1n) is 2.59. The van der Waals surface area contributed by atoms with E-state index in [1.165, 1.54) is 0 Å². The number of aliphatic hydroxyl groups is 1. The van der Waals surface area contributed by atoms with Crippen molar-refractivity contribution in [2.24, 2.45) is 5.41 Å². The second-order valence-electron chi connectivity index (χ2n) is 2.15. The van der Waals surface area contributed by atoms with E-state index in [1.54, 1.807) is 0 Å². The van der Waals surface area contributed by atoms with Crippen LogP contribution in [0.25, 0.3) is 0 Å². The van der Waals surface area contributed by atoms with Crippen LogP contribution >= 0.6 is 15.9 Å². The van der Waals surface area contributed by atoms with Crippen LogP contribution in [0.4, 0.5) is 0 Å². The zero-order valence-electron chi connectivity index (χ0n) is 4.76. The summed E-state index contributed by atoms with van der Waals surface area (Å²) in [5.41, 5.74) is -0.625. The highest BCUT2D eigenvalue weighted by atomic mass is 79.9. The molecule has 3 nitrogen and oxygen atoms in total. The van der Waals surface area contributed by atoms with Crippen LogP contribution in [0.15, 0.2) is 0 Å². The van der Waals surface area contributed by atoms with Crippen molar-refractivity contribution in [1.82, 2.24) is 0 Å². The minimum Gasteiger partial charge on any atom is -0.464 e. The summed E-state index contributed by atoms with van der Waals surface area (Å²) in [5, 5.41) is 9.16. The molecule has 1 aliphatic heterocycles. The van der Waals surface area contributed by atoms with Gasteiger partial charge >= 0.3 is 5.97 Å². The molecule has 1 fully saturated rings. The summed E-state index contributed by atoms with van der Waals surface area (Å²) in [6.07, 6.45) is 0. The zero-order chi connectivity index (χ0) is 6.91. The fourth-order valence-electron chi connectivity index (χ4n) is 0.581. The predicted molar refractivity (Wildman–Crippen MR) is 34.3 cm³/mol. The molecule has 0 aromatic heterocycles. The van der Waals surface area contributed by atoms with E-state index in [0.29, 0.717) is 11.9 Å². The highest BCUT2D eigenvalue weighted by molar-refractivity contribution is 9.09. The van der Waals surface area contributed by atoms with E-state index in [0.717, 1.165) is 0 Å². The first-order valence-corrected chi connectivity index (χ1v) is 3.71. The first kappa shape index (κ1) is 7.02. The summed E-state index contributed by atoms with van der Waals surface area (Å²) in [4.78, 5) is 10.6. The number of ether oxygens (including phenoxy) is 1. The number of hydrogen-bond acceptors (Lipinski definition) is 3. The maximum Gasteiger partial charge on any atom is 0.318 e. The van der Waals surface area contributed by atoms with E-state index in [9.17, 15) is 4.79 Å². The van der Waals surface area contributed by atoms with Crippen LogP contribution in [0, 0.1) is 5.41 Å². The number of alkyl halides is 1. The molecule has 1 N–H and O–H groups in total. The number of hydrogen-bond donors (Lipinski definition) is 1. The Kier molecular flexibility index (Phi) is 1.77. The van der Waals surface area contributed by atoms with E-state index in [4.69, 9.17) is 5.11 Å². The molecule has 0 aromatic rings. The summed E-state index contributed by atoms with van der Waals surface area (Å²) in [5.74, 6) is -0.304. The predicted octanol–water partition coefficient (Wildman–Crippen LogP) is -0.0832. The number of rotatable bonds is 2. The van der Waals surface area contributed by atoms with E-state index in [2.05, 4.69) is 20.7 Å². The summed E-state index contributed by atoms with van der Waals surface area (Å²) in [7, 11) is 0. The fourth-order valence-corrected chi connectivity index (χ4v) is 1.15. The van der Waals surface area contributed by atoms with Gasteiger partial charge in [-0.25, -0.2) is 0 Å². The van der Waals surface area contributed by atoms with Gasteiger partial charge in [-0.05, 0) is 0 Å². The van der Waals surface area contributed by atoms with Crippen molar-refractivity contribution in [3.05, 3.63) is 0 Å². The quantitative estimate of drug-likeness (QED) is 0.495. The lowest BCUT2D eigenvalue weighted by Crippen LogP contribution is -2.52. The molecule has 1 heterocycles. The van der Waals surface area contributed by atoms with Crippen molar-refractivity contribution in [1.29, 1.82) is 0 Å². The molecule has 0 aromatic carbocycles. The minimum absolute atomic E-state index is 0.128. The third-order valence-corrected chi connectivity index (χ3v) is 2.54. The van der Waals surface area contributed by atoms with Crippen molar-refractivity contribution in [3.63, 3.8) is 0 Å². The van der Waals surface area contributed by atoms with Gasteiger partial charge in [-0.2, -0.15) is 0 Å². The smallest absolute Gasteiger partial charge is 0.318 e. The third-order valence-electron chi connectivity index (χ3n) is 1.47. The van der Waals surface area contributed by atoms with Crippen molar-refractivity contribution < 1.29 is 14.6 Å². The Morgan fingerprint density at radius 1 is 1.89 bits per heavy atom. The highest BCUT2D eigenvalue weighted by Crippen LogP contribution is 2.30. The lowest BCUT2D eigenvalue weighted by molar-refractivity contribution is -0.186. The SMILES string of the molecule is O=C1OCC1(CO)CBr. The number of esters is 1. The number of cyclic esters (lactones) is 1. The Balaban J connectivity index is 2.58. The second kappa shape index (κ2) is 2.27. The van der Waals surface area contributed by atoms with Crippen LogP contribution < -0.4 is 0 Å². The van der Waals surface area contributed by atoms with E-state index >= 15 is 0 Å². The van der Waals surface area contributed by atoms with Crippen LogP contribution in [-0.2, 0) is 9.53 Å². The normalized spacial score (nSPS) is 33.3. The van der Waals surface area contributed by atoms with Crippen molar-refractivity contribution >= 4 is 21.9 Å². The van der Waals surface area contributed by atoms with Gasteiger partial charge in [0, 0.05) is 5.33 Å². The molecule has 0 radical (unpaired) electrons. The number of aliphatic hydroxyl groups excluding tert-OH is 1. The number of carbonyl (C=O) groups excluding carboxylic acids is 1. The largest absolute Gasteiger partial charge is 0.464 e. The Bertz CT molecular complexity index is 125. The lowest BCUT2D eigenvalue weighted by atomic mass is 9.89. The first-order chi connectivity index (χ1) is 4.25. The summed E-state index contributed by atoms with van der Waals surface area (Å²) in [6, 6.07) is 0. The van der Waals surface area contributed by atoms with Gasteiger partial charge in [-0.3, -0.25) is 4.79 Å². The van der Waals surface area contributed by atoms with Crippen LogP contribution in [0.5, 0.6) is 0 Å². The molecule has 52 valence electrons. The van der Waals surface area contributed by atoms with Gasteiger partial charge in [0.25, 0.3) is 0 Å². The minimum atomic E-state index is -0.625. The van der Waals surface area contributed by atoms with Crippen LogP contribution in [-0.4, -0.2) is 29.6 Å². The maximum atomic E-state index is 10.6. The van der Waals surface area contributed by atoms with Crippen LogP contribution in [0.1, 0.15) is 0 Å². The molecule has 0 aliphatic carbocycles. The van der Waals surface area contributed by atoms with E-state index in [1.807, 2.05) is 0 Å². The standard InChI is InChI=1S/C5H7BrO3/c6-1-5(2-7)3-9-4(5)8/h7H,1-3H2. The van der Waals surface area contributed by atoms with Crippen LogP contribution in [0.2, 0.25) is 0 Å². The van der Waals surface area contributed by atoms with Crippen molar-refractivity contribution in [2.75, 3.05) is 18.5 Å². The number of carbonyl (C=O) groups is 1. The molecule has 0 bridgehead atoms. The molecule has 0 amide bonds. The molecule has 1 saturated heterocycles. The Labute approximate surface area is 61.1 Å². The average molecular weight is 195 g/mol. The Morgan fingerprint density at radius 2 is 2.56 bits per heavy atom. The molecule has 1 unspecified atom stereocenters. The van der Waals surface area contributed by atoms with Gasteiger partial charge in [0.1, 0.15) is 12.0 Å². The molecule has 0 saturated carbocycles. The Morgan fingerprint density at radius 3 is 2.56 bits per heavy atom. The van der Waals surface area contributed by atoms with Gasteiger partial charge < -0.3 is 9.84 Å². The molecular weight excluding hydrogens is 188 g/mol. The van der Waals surface area contributed by atoms with Crippen molar-refractivity contribution in [3.8, 4) is 0 Å². The maximum absolute atomic E-state index is 10.6. The lowest BCUT2D eigenvalue weighted by Gasteiger charge is -2.35. The Hall–Kier alpha value is -0.0900. The molecule has 1 rings (SSSR count). The highest BCUT2D eigenvalue weighted by Gasteiger charge is 2.47. The molecule has 0 spiro atoms. The fraction of sp³-hybridized carbons (Fsp3) is 0.800. The number of halogens is 1. The molecule has 4 heteroatoms. The second-order valence-corrected chi connectivity index (χ2v) is 2.71. The van der Waals surface area contributed by atoms with Gasteiger partial charge in [0.15, 0.2) is 0 Å². The topological polar surface area (TPSA) is 46.5 Å². The van der Waals surface area contributed by atoms with E-state index < -0.39 is 5.41 Å². The van der Waals surface area contributed by atoms with Crippen molar-refractivity contribution in [2.45, 2.75) is 0 Å². The van der Waals surface area contributed by atoms with E-state index in [-0.39, 0.29) is 12.6 Å². The van der Waals surface area contributed by atoms with Gasteiger partial charge in [0.05, 0.1) is 6.61 Å². The average Bonchev–Trinajstić information content (AvgIpc) is 1.89. The van der Waals surface area contributed by atoms with Gasteiger partial charge in [0.2, 0.25) is 0 Å². The van der Waals surface area contributed by atoms with Gasteiger partial charge in [-0.15, -0.1) is 0 Å². The summed E-state index contributed by atoms with van der Waals surface area (Å²) in [6.45, 7) is 0.213. The molecule has 9 heavy (non-hydrogen) atoms. The molecule has 1 atom stereocenters. The molecule has 1 aliphatic rings. The zero-order valence-corrected chi connectivity index (χ0v) is 6.35. The third kappa shape index (κ3) is 0.861. The monoisotopic (exact) mass is 194 g/mol.